The van der Waals surface area contributed by atoms with Gasteiger partial charge in [-0.2, -0.15) is 0 Å². The highest BCUT2D eigenvalue weighted by Crippen LogP contribution is 2.17. The molecule has 1 N–H and O–H groups in total. The van der Waals surface area contributed by atoms with Crippen molar-refractivity contribution in [1.82, 2.24) is 4.13 Å². The largest absolute Gasteiger partial charge is 0.254 e. The van der Waals surface area contributed by atoms with E-state index in [2.05, 4.69) is 0 Å². The van der Waals surface area contributed by atoms with Crippen molar-refractivity contribution in [3.8, 4) is 0 Å². The lowest BCUT2D eigenvalue weighted by atomic mass is 10.2. The van der Waals surface area contributed by atoms with Gasteiger partial charge in [-0.1, -0.05) is 35.9 Å². The van der Waals surface area contributed by atoms with E-state index in [0.717, 1.165) is 5.56 Å². The first-order valence-corrected chi connectivity index (χ1v) is 9.10. The molecule has 0 aliphatic carbocycles. The summed E-state index contributed by atoms with van der Waals surface area (Å²) in [4.78, 5) is -0.147. The number of benzene rings is 2. The summed E-state index contributed by atoms with van der Waals surface area (Å²) in [6.45, 7) is 3.42. The number of hydrogen-bond donors (Lipinski definition) is 1. The predicted molar refractivity (Wildman–Crippen MR) is 79.9 cm³/mol. The molecule has 2 aromatic carbocycles. The van der Waals surface area contributed by atoms with Gasteiger partial charge in [0, 0.05) is 0 Å². The highest BCUT2D eigenvalue weighted by molar-refractivity contribution is 8.04. The van der Waals surface area contributed by atoms with E-state index in [9.17, 15) is 16.8 Å². The molecule has 0 radical (unpaired) electrons. The first kappa shape index (κ1) is 15.7. The molecular weight excluding hydrogens is 310 g/mol. The Morgan fingerprint density at radius 2 is 1.33 bits per heavy atom. The molecule has 5 nitrogen and oxygen atoms in total. The third-order valence-electron chi connectivity index (χ3n) is 2.93. The number of aryl methyl sites for hydroxylation is 2. The molecule has 0 spiro atoms. The zero-order chi connectivity index (χ0) is 15.7. The van der Waals surface area contributed by atoms with Crippen LogP contribution in [0.2, 0.25) is 0 Å². The van der Waals surface area contributed by atoms with Crippen LogP contribution < -0.4 is 4.13 Å². The van der Waals surface area contributed by atoms with E-state index in [1.165, 1.54) is 18.2 Å². The molecule has 2 aromatic rings. The summed E-state index contributed by atoms with van der Waals surface area (Å²) in [6, 6.07) is 12.1. The Kier molecular flexibility index (Phi) is 4.18. The standard InChI is InChI=1S/C14H15NO4S2/c1-11-7-9-13(10-8-11)20(16,17)15-21(18,19)14-6-4-3-5-12(14)2/h3-10,15H,1-2H3. The van der Waals surface area contributed by atoms with Gasteiger partial charge >= 0.3 is 0 Å². The van der Waals surface area contributed by atoms with Gasteiger partial charge in [0.05, 0.1) is 9.79 Å². The zero-order valence-electron chi connectivity index (χ0n) is 11.6. The van der Waals surface area contributed by atoms with Crippen molar-refractivity contribution in [2.75, 3.05) is 0 Å². The molecule has 112 valence electrons. The minimum absolute atomic E-state index is 0.0549. The van der Waals surface area contributed by atoms with E-state index < -0.39 is 20.0 Å². The molecule has 0 fully saturated rings. The molecule has 0 bridgehead atoms. The average molecular weight is 325 g/mol. The van der Waals surface area contributed by atoms with Crippen LogP contribution in [-0.4, -0.2) is 16.8 Å². The van der Waals surface area contributed by atoms with Gasteiger partial charge in [-0.05, 0) is 37.6 Å². The summed E-state index contributed by atoms with van der Waals surface area (Å²) in [5, 5.41) is 0. The molecule has 0 heterocycles. The third-order valence-corrected chi connectivity index (χ3v) is 6.62. The quantitative estimate of drug-likeness (QED) is 0.932. The molecule has 0 aromatic heterocycles. The van der Waals surface area contributed by atoms with Gasteiger partial charge in [0.1, 0.15) is 0 Å². The maximum atomic E-state index is 12.2. The van der Waals surface area contributed by atoms with E-state index in [0.29, 0.717) is 5.56 Å². The summed E-state index contributed by atoms with van der Waals surface area (Å²) >= 11 is 0. The van der Waals surface area contributed by atoms with E-state index in [-0.39, 0.29) is 9.79 Å². The summed E-state index contributed by atoms with van der Waals surface area (Å²) in [7, 11) is -8.28. The van der Waals surface area contributed by atoms with Crippen molar-refractivity contribution in [2.24, 2.45) is 0 Å². The van der Waals surface area contributed by atoms with Crippen LogP contribution in [-0.2, 0) is 20.0 Å². The first-order valence-electron chi connectivity index (χ1n) is 6.13. The van der Waals surface area contributed by atoms with Crippen LogP contribution in [0.25, 0.3) is 0 Å². The predicted octanol–water partition coefficient (Wildman–Crippen LogP) is 1.97. The van der Waals surface area contributed by atoms with Crippen molar-refractivity contribution in [3.63, 3.8) is 0 Å². The first-order chi connectivity index (χ1) is 9.72. The van der Waals surface area contributed by atoms with Crippen molar-refractivity contribution < 1.29 is 16.8 Å². The van der Waals surface area contributed by atoms with Gasteiger partial charge < -0.3 is 0 Å². The Morgan fingerprint density at radius 1 is 0.762 bits per heavy atom. The fourth-order valence-corrected chi connectivity index (χ4v) is 4.96. The molecular formula is C14H15NO4S2. The monoisotopic (exact) mass is 325 g/mol. The van der Waals surface area contributed by atoms with Gasteiger partial charge in [-0.3, -0.25) is 0 Å². The molecule has 7 heteroatoms. The molecule has 0 aliphatic rings. The van der Waals surface area contributed by atoms with Crippen LogP contribution in [0, 0.1) is 13.8 Å². The minimum atomic E-state index is -4.14. The zero-order valence-corrected chi connectivity index (χ0v) is 13.2. The molecule has 21 heavy (non-hydrogen) atoms. The van der Waals surface area contributed by atoms with Crippen LogP contribution in [0.5, 0.6) is 0 Å². The lowest BCUT2D eigenvalue weighted by Crippen LogP contribution is -2.31. The van der Waals surface area contributed by atoms with Crippen LogP contribution in [0.4, 0.5) is 0 Å². The molecule has 2 rings (SSSR count). The minimum Gasteiger partial charge on any atom is -0.206 e. The second-order valence-electron chi connectivity index (χ2n) is 4.67. The summed E-state index contributed by atoms with van der Waals surface area (Å²) in [6.07, 6.45) is 0. The van der Waals surface area contributed by atoms with Crippen LogP contribution >= 0.6 is 0 Å². The Morgan fingerprint density at radius 3 is 1.90 bits per heavy atom. The van der Waals surface area contributed by atoms with Crippen molar-refractivity contribution in [2.45, 2.75) is 23.6 Å². The number of sulfonamides is 2. The summed E-state index contributed by atoms with van der Waals surface area (Å²) in [5.41, 5.74) is 1.36. The highest BCUT2D eigenvalue weighted by Gasteiger charge is 2.25. The Hall–Kier alpha value is -1.70. The smallest absolute Gasteiger partial charge is 0.206 e. The van der Waals surface area contributed by atoms with Crippen molar-refractivity contribution in [1.29, 1.82) is 0 Å². The van der Waals surface area contributed by atoms with Crippen molar-refractivity contribution in [3.05, 3.63) is 59.7 Å². The number of hydrogen-bond acceptors (Lipinski definition) is 4. The lowest BCUT2D eigenvalue weighted by Gasteiger charge is -2.10. The number of rotatable bonds is 4. The Bertz CT molecular complexity index is 854. The normalized spacial score (nSPS) is 12.3. The van der Waals surface area contributed by atoms with Gasteiger partial charge in [-0.15, -0.1) is 4.13 Å². The van der Waals surface area contributed by atoms with Gasteiger partial charge in [-0.25, -0.2) is 16.8 Å². The van der Waals surface area contributed by atoms with Gasteiger partial charge in [0.25, 0.3) is 20.0 Å². The molecule has 0 saturated heterocycles. The maximum Gasteiger partial charge on any atom is 0.254 e. The average Bonchev–Trinajstić information content (AvgIpc) is 2.38. The SMILES string of the molecule is Cc1ccc(S(=O)(=O)NS(=O)(=O)c2ccccc2C)cc1. The van der Waals surface area contributed by atoms with E-state index in [1.807, 2.05) is 6.92 Å². The molecule has 0 saturated carbocycles. The molecule has 0 amide bonds. The molecule has 0 atom stereocenters. The maximum absolute atomic E-state index is 12.2. The van der Waals surface area contributed by atoms with E-state index in [1.54, 1.807) is 41.4 Å². The highest BCUT2D eigenvalue weighted by atomic mass is 32.3. The van der Waals surface area contributed by atoms with Crippen LogP contribution in [0.3, 0.4) is 0 Å². The van der Waals surface area contributed by atoms with Crippen LogP contribution in [0.15, 0.2) is 58.3 Å². The van der Waals surface area contributed by atoms with Gasteiger partial charge in [0.15, 0.2) is 0 Å². The van der Waals surface area contributed by atoms with E-state index >= 15 is 0 Å². The summed E-state index contributed by atoms with van der Waals surface area (Å²) in [5.74, 6) is 0. The van der Waals surface area contributed by atoms with Crippen molar-refractivity contribution >= 4 is 20.0 Å². The molecule has 0 unspecified atom stereocenters. The number of nitrogens with one attached hydrogen (secondary N) is 1. The topological polar surface area (TPSA) is 80.3 Å². The third kappa shape index (κ3) is 3.49. The second-order valence-corrected chi connectivity index (χ2v) is 8.26. The fraction of sp³-hybridized carbons (Fsp3) is 0.143. The fourth-order valence-electron chi connectivity index (χ4n) is 1.81. The Labute approximate surface area is 124 Å². The Balaban J connectivity index is 2.41. The van der Waals surface area contributed by atoms with Crippen LogP contribution in [0.1, 0.15) is 11.1 Å². The molecule has 0 aliphatic heterocycles. The second kappa shape index (κ2) is 5.59. The van der Waals surface area contributed by atoms with E-state index in [4.69, 9.17) is 0 Å². The summed E-state index contributed by atoms with van der Waals surface area (Å²) < 4.78 is 50.5. The van der Waals surface area contributed by atoms with Gasteiger partial charge in [0.2, 0.25) is 0 Å². The lowest BCUT2D eigenvalue weighted by molar-refractivity contribution is 0.576.